The van der Waals surface area contributed by atoms with E-state index in [1.165, 1.54) is 6.20 Å². The normalized spacial score (nSPS) is 12.6. The van der Waals surface area contributed by atoms with Crippen LogP contribution < -0.4 is 5.73 Å². The second kappa shape index (κ2) is 6.49. The molecule has 0 aliphatic carbocycles. The molecule has 2 aromatic heterocycles. The lowest BCUT2D eigenvalue weighted by Crippen LogP contribution is -2.08. The fourth-order valence-electron chi connectivity index (χ4n) is 1.96. The molecule has 0 radical (unpaired) electrons. The molecule has 20 heavy (non-hydrogen) atoms. The Bertz CT molecular complexity index is 641. The third-order valence-electron chi connectivity index (χ3n) is 3.02. The van der Waals surface area contributed by atoms with E-state index in [2.05, 4.69) is 32.9 Å². The van der Waals surface area contributed by atoms with Gasteiger partial charge in [-0.05, 0) is 35.3 Å². The minimum absolute atomic E-state index is 0.385. The fourth-order valence-corrected chi connectivity index (χ4v) is 4.07. The summed E-state index contributed by atoms with van der Waals surface area (Å²) in [7, 11) is -1.21. The van der Waals surface area contributed by atoms with Crippen LogP contribution in [0.25, 0.3) is 0 Å². The summed E-state index contributed by atoms with van der Waals surface area (Å²) in [6, 6.07) is 1.70. The Hall–Kier alpha value is -1.21. The van der Waals surface area contributed by atoms with Crippen molar-refractivity contribution in [2.24, 2.45) is 0 Å². The van der Waals surface area contributed by atoms with E-state index < -0.39 is 10.8 Å². The molecular weight excluding hydrogens is 340 g/mol. The highest BCUT2D eigenvalue weighted by atomic mass is 79.9. The highest BCUT2D eigenvalue weighted by Crippen LogP contribution is 2.26. The molecule has 2 N–H and O–H groups in total. The van der Waals surface area contributed by atoms with Gasteiger partial charge >= 0.3 is 0 Å². The van der Waals surface area contributed by atoms with E-state index in [9.17, 15) is 4.21 Å². The van der Waals surface area contributed by atoms with Gasteiger partial charge in [-0.2, -0.15) is 5.10 Å². The van der Waals surface area contributed by atoms with Crippen LogP contribution in [0.3, 0.4) is 0 Å². The predicted octanol–water partition coefficient (Wildman–Crippen LogP) is 2.51. The van der Waals surface area contributed by atoms with E-state index in [1.54, 1.807) is 12.3 Å². The first kappa shape index (κ1) is 15.2. The van der Waals surface area contributed by atoms with Gasteiger partial charge < -0.3 is 5.73 Å². The third kappa shape index (κ3) is 2.93. The molecule has 108 valence electrons. The zero-order valence-electron chi connectivity index (χ0n) is 11.5. The van der Waals surface area contributed by atoms with Crippen molar-refractivity contribution in [3.63, 3.8) is 0 Å². The average Bonchev–Trinajstić information content (AvgIpc) is 2.75. The molecule has 0 spiro atoms. The highest BCUT2D eigenvalue weighted by Gasteiger charge is 2.18. The quantitative estimate of drug-likeness (QED) is 0.892. The van der Waals surface area contributed by atoms with Crippen LogP contribution in [0.15, 0.2) is 27.8 Å². The van der Waals surface area contributed by atoms with Gasteiger partial charge in [0, 0.05) is 12.7 Å². The van der Waals surface area contributed by atoms with Crippen LogP contribution in [-0.4, -0.2) is 19.0 Å². The summed E-state index contributed by atoms with van der Waals surface area (Å²) < 4.78 is 15.3. The molecule has 0 aromatic carbocycles. The molecule has 7 heteroatoms. The number of aromatic nitrogens is 3. The summed E-state index contributed by atoms with van der Waals surface area (Å²) in [4.78, 5) is 4.54. The van der Waals surface area contributed by atoms with Crippen molar-refractivity contribution in [3.8, 4) is 0 Å². The molecule has 2 rings (SSSR count). The smallest absolute Gasteiger partial charge is 0.0767 e. The third-order valence-corrected chi connectivity index (χ3v) is 5.33. The molecule has 1 unspecified atom stereocenters. The van der Waals surface area contributed by atoms with Crippen LogP contribution in [0.4, 0.5) is 5.69 Å². The molecule has 5 nitrogen and oxygen atoms in total. The van der Waals surface area contributed by atoms with Crippen molar-refractivity contribution >= 4 is 32.4 Å². The average molecular weight is 357 g/mol. The maximum atomic E-state index is 12.5. The zero-order chi connectivity index (χ0) is 14.7. The van der Waals surface area contributed by atoms with Crippen molar-refractivity contribution < 1.29 is 4.21 Å². The van der Waals surface area contributed by atoms with Crippen molar-refractivity contribution in [2.45, 2.75) is 37.5 Å². The lowest BCUT2D eigenvalue weighted by Gasteiger charge is -2.07. The number of halogens is 1. The number of anilines is 1. The Morgan fingerprint density at radius 2 is 2.20 bits per heavy atom. The minimum atomic E-state index is -1.21. The standard InChI is InChI=1S/C13H17BrN4OS/c1-3-10-13(14)11(18(4-2)17-10)8-20(19)12-5-6-16-7-9(12)15/h5-7H,3-4,8,15H2,1-2H3. The number of pyridine rings is 1. The van der Waals surface area contributed by atoms with E-state index in [1.807, 2.05) is 11.6 Å². The Kier molecular flexibility index (Phi) is 4.93. The van der Waals surface area contributed by atoms with Crippen LogP contribution in [0.5, 0.6) is 0 Å². The van der Waals surface area contributed by atoms with Crippen LogP contribution in [0.2, 0.25) is 0 Å². The second-order valence-electron chi connectivity index (χ2n) is 4.28. The molecule has 0 saturated heterocycles. The molecule has 2 heterocycles. The van der Waals surface area contributed by atoms with Crippen molar-refractivity contribution in [1.82, 2.24) is 14.8 Å². The summed E-state index contributed by atoms with van der Waals surface area (Å²) >= 11 is 3.56. The Balaban J connectivity index is 2.33. The van der Waals surface area contributed by atoms with Gasteiger partial charge in [-0.3, -0.25) is 13.9 Å². The number of nitrogen functional groups attached to an aromatic ring is 1. The van der Waals surface area contributed by atoms with Crippen LogP contribution >= 0.6 is 15.9 Å². The monoisotopic (exact) mass is 356 g/mol. The van der Waals surface area contributed by atoms with E-state index in [0.29, 0.717) is 16.3 Å². The van der Waals surface area contributed by atoms with Crippen LogP contribution in [0.1, 0.15) is 25.2 Å². The van der Waals surface area contributed by atoms with E-state index in [0.717, 1.165) is 28.8 Å². The van der Waals surface area contributed by atoms with E-state index in [4.69, 9.17) is 5.73 Å². The van der Waals surface area contributed by atoms with Crippen molar-refractivity contribution in [1.29, 1.82) is 0 Å². The molecule has 0 amide bonds. The van der Waals surface area contributed by atoms with Gasteiger partial charge in [0.1, 0.15) is 0 Å². The largest absolute Gasteiger partial charge is 0.396 e. The van der Waals surface area contributed by atoms with Gasteiger partial charge in [0.15, 0.2) is 0 Å². The first-order valence-electron chi connectivity index (χ1n) is 6.40. The van der Waals surface area contributed by atoms with Gasteiger partial charge in [0.05, 0.1) is 49.2 Å². The SMILES string of the molecule is CCc1nn(CC)c(CS(=O)c2ccncc2N)c1Br. The molecule has 2 aromatic rings. The number of nitrogens with zero attached hydrogens (tertiary/aromatic N) is 3. The summed E-state index contributed by atoms with van der Waals surface area (Å²) in [6.45, 7) is 4.82. The molecule has 0 aliphatic heterocycles. The first-order chi connectivity index (χ1) is 9.58. The minimum Gasteiger partial charge on any atom is -0.396 e. The van der Waals surface area contributed by atoms with Crippen molar-refractivity contribution in [3.05, 3.63) is 34.3 Å². The summed E-state index contributed by atoms with van der Waals surface area (Å²) in [6.07, 6.45) is 3.97. The summed E-state index contributed by atoms with van der Waals surface area (Å²) in [5, 5.41) is 4.51. The fraction of sp³-hybridized carbons (Fsp3) is 0.385. The lowest BCUT2D eigenvalue weighted by atomic mass is 10.3. The van der Waals surface area contributed by atoms with Crippen LogP contribution in [-0.2, 0) is 29.5 Å². The number of hydrogen-bond donors (Lipinski definition) is 1. The topological polar surface area (TPSA) is 73.8 Å². The molecule has 0 saturated carbocycles. The maximum absolute atomic E-state index is 12.5. The van der Waals surface area contributed by atoms with E-state index in [-0.39, 0.29) is 0 Å². The lowest BCUT2D eigenvalue weighted by molar-refractivity contribution is 0.623. The highest BCUT2D eigenvalue weighted by molar-refractivity contribution is 9.10. The number of rotatable bonds is 5. The summed E-state index contributed by atoms with van der Waals surface area (Å²) in [5.41, 5.74) is 8.21. The van der Waals surface area contributed by atoms with Gasteiger partial charge in [-0.25, -0.2) is 0 Å². The number of aryl methyl sites for hydroxylation is 2. The number of hydrogen-bond acceptors (Lipinski definition) is 4. The predicted molar refractivity (Wildman–Crippen MR) is 83.7 cm³/mol. The molecular formula is C13H17BrN4OS. The Morgan fingerprint density at radius 3 is 2.80 bits per heavy atom. The van der Waals surface area contributed by atoms with Gasteiger partial charge in [0.2, 0.25) is 0 Å². The molecule has 0 bridgehead atoms. The molecule has 0 aliphatic rings. The Labute approximate surface area is 129 Å². The second-order valence-corrected chi connectivity index (χ2v) is 6.49. The Morgan fingerprint density at radius 1 is 1.45 bits per heavy atom. The van der Waals surface area contributed by atoms with Gasteiger partial charge in [0.25, 0.3) is 0 Å². The first-order valence-corrected chi connectivity index (χ1v) is 8.51. The van der Waals surface area contributed by atoms with Gasteiger partial charge in [-0.15, -0.1) is 0 Å². The molecule has 1 atom stereocenters. The number of nitrogens with two attached hydrogens (primary N) is 1. The van der Waals surface area contributed by atoms with E-state index >= 15 is 0 Å². The maximum Gasteiger partial charge on any atom is 0.0767 e. The van der Waals surface area contributed by atoms with Crippen molar-refractivity contribution in [2.75, 3.05) is 5.73 Å². The molecule has 0 fully saturated rings. The summed E-state index contributed by atoms with van der Waals surface area (Å²) in [5.74, 6) is 0.385. The zero-order valence-corrected chi connectivity index (χ0v) is 13.9. The van der Waals surface area contributed by atoms with Crippen LogP contribution in [0, 0.1) is 0 Å². The van der Waals surface area contributed by atoms with Gasteiger partial charge in [-0.1, -0.05) is 6.92 Å².